The van der Waals surface area contributed by atoms with Gasteiger partial charge in [-0.3, -0.25) is 4.79 Å². The number of anilines is 1. The van der Waals surface area contributed by atoms with E-state index in [-0.39, 0.29) is 11.7 Å². The van der Waals surface area contributed by atoms with Crippen LogP contribution in [0.4, 0.5) is 10.1 Å². The molecule has 0 unspecified atom stereocenters. The topological polar surface area (TPSA) is 89.6 Å². The van der Waals surface area contributed by atoms with Crippen LogP contribution in [-0.4, -0.2) is 23.5 Å². The van der Waals surface area contributed by atoms with Crippen molar-refractivity contribution in [1.82, 2.24) is 4.98 Å². The summed E-state index contributed by atoms with van der Waals surface area (Å²) in [4.78, 5) is 20.2. The number of hydrogen-bond donors (Lipinski definition) is 2. The summed E-state index contributed by atoms with van der Waals surface area (Å²) < 4.78 is 19.9. The number of carbonyl (C=O) groups is 1. The maximum absolute atomic E-state index is 14.3. The molecule has 2 aromatic rings. The lowest BCUT2D eigenvalue weighted by atomic mass is 9.90. The second-order valence-electron chi connectivity index (χ2n) is 5.81. The van der Waals surface area contributed by atoms with Crippen LogP contribution in [0.1, 0.15) is 29.4 Å². The minimum atomic E-state index is -0.949. The summed E-state index contributed by atoms with van der Waals surface area (Å²) in [5.41, 5.74) is 5.59. The minimum Gasteiger partial charge on any atom is -0.454 e. The fraction of sp³-hybridized carbons (Fsp3) is 0.235. The van der Waals surface area contributed by atoms with Gasteiger partial charge in [-0.25, -0.2) is 14.4 Å². The number of nitrogens with one attached hydrogen (secondary N) is 1. The zero-order valence-corrected chi connectivity index (χ0v) is 14.2. The Balaban J connectivity index is 1.85. The first kappa shape index (κ1) is 17.2. The van der Waals surface area contributed by atoms with Crippen LogP contribution in [0.2, 0.25) is 5.02 Å². The van der Waals surface area contributed by atoms with Crippen molar-refractivity contribution in [1.29, 1.82) is 0 Å². The summed E-state index contributed by atoms with van der Waals surface area (Å²) in [5, 5.41) is 3.12. The van der Waals surface area contributed by atoms with Crippen LogP contribution in [0.25, 0.3) is 0 Å². The Hall–Kier alpha value is -2.67. The van der Waals surface area contributed by atoms with Crippen LogP contribution in [-0.2, 0) is 10.3 Å². The Morgan fingerprint density at radius 3 is 2.88 bits per heavy atom. The predicted molar refractivity (Wildman–Crippen MR) is 93.1 cm³/mol. The summed E-state index contributed by atoms with van der Waals surface area (Å²) in [6.07, 6.45) is 1.85. The molecule has 0 saturated heterocycles. The third-order valence-electron chi connectivity index (χ3n) is 3.94. The van der Waals surface area contributed by atoms with E-state index < -0.39 is 17.3 Å². The van der Waals surface area contributed by atoms with E-state index in [0.717, 1.165) is 0 Å². The molecule has 130 valence electrons. The van der Waals surface area contributed by atoms with Crippen LogP contribution < -0.4 is 11.1 Å². The normalized spacial score (nSPS) is 19.7. The van der Waals surface area contributed by atoms with Gasteiger partial charge in [-0.2, -0.15) is 0 Å². The zero-order valence-electron chi connectivity index (χ0n) is 13.4. The van der Waals surface area contributed by atoms with Gasteiger partial charge in [0.15, 0.2) is 0 Å². The number of amidine groups is 1. The first-order valence-corrected chi connectivity index (χ1v) is 7.97. The van der Waals surface area contributed by atoms with E-state index in [0.29, 0.717) is 29.2 Å². The Bertz CT molecular complexity index is 841. The highest BCUT2D eigenvalue weighted by Gasteiger charge is 2.35. The van der Waals surface area contributed by atoms with Gasteiger partial charge in [0.05, 0.1) is 5.02 Å². The van der Waals surface area contributed by atoms with Crippen molar-refractivity contribution in [2.75, 3.05) is 11.9 Å². The largest absolute Gasteiger partial charge is 0.454 e. The Kier molecular flexibility index (Phi) is 4.59. The van der Waals surface area contributed by atoms with Crippen LogP contribution in [0.5, 0.6) is 0 Å². The second kappa shape index (κ2) is 6.68. The summed E-state index contributed by atoms with van der Waals surface area (Å²) in [6, 6.07) is 7.37. The van der Waals surface area contributed by atoms with E-state index in [1.54, 1.807) is 13.0 Å². The molecule has 0 fully saturated rings. The lowest BCUT2D eigenvalue weighted by Gasteiger charge is -2.33. The molecule has 1 aliphatic heterocycles. The molecule has 6 nitrogen and oxygen atoms in total. The van der Waals surface area contributed by atoms with E-state index in [2.05, 4.69) is 15.3 Å². The Morgan fingerprint density at radius 2 is 2.20 bits per heavy atom. The molecule has 1 atom stereocenters. The van der Waals surface area contributed by atoms with Crippen molar-refractivity contribution in [3.63, 3.8) is 0 Å². The molecule has 3 rings (SSSR count). The molecule has 3 N–H and O–H groups in total. The molecule has 25 heavy (non-hydrogen) atoms. The third-order valence-corrected chi connectivity index (χ3v) is 4.16. The molecular formula is C17H16ClFN4O2. The molecular weight excluding hydrogens is 347 g/mol. The van der Waals surface area contributed by atoms with Gasteiger partial charge in [0.1, 0.15) is 17.1 Å². The number of pyridine rings is 1. The van der Waals surface area contributed by atoms with E-state index in [9.17, 15) is 9.18 Å². The van der Waals surface area contributed by atoms with Gasteiger partial charge < -0.3 is 15.8 Å². The van der Waals surface area contributed by atoms with Gasteiger partial charge >= 0.3 is 0 Å². The fourth-order valence-corrected chi connectivity index (χ4v) is 2.71. The van der Waals surface area contributed by atoms with Gasteiger partial charge in [-0.05, 0) is 37.3 Å². The molecule has 0 aliphatic carbocycles. The molecule has 0 bridgehead atoms. The number of benzene rings is 1. The highest BCUT2D eigenvalue weighted by Crippen LogP contribution is 2.34. The number of ether oxygens (including phenoxy) is 1. The molecule has 1 amide bonds. The van der Waals surface area contributed by atoms with Gasteiger partial charge in [0.25, 0.3) is 11.9 Å². The average Bonchev–Trinajstić information content (AvgIpc) is 2.57. The van der Waals surface area contributed by atoms with E-state index in [4.69, 9.17) is 22.1 Å². The van der Waals surface area contributed by atoms with Crippen molar-refractivity contribution >= 4 is 29.2 Å². The Morgan fingerprint density at radius 1 is 1.40 bits per heavy atom. The summed E-state index contributed by atoms with van der Waals surface area (Å²) in [6.45, 7) is 2.17. The number of amides is 1. The maximum atomic E-state index is 14.3. The van der Waals surface area contributed by atoms with E-state index in [1.165, 1.54) is 30.5 Å². The highest BCUT2D eigenvalue weighted by atomic mass is 35.5. The number of nitrogens with zero attached hydrogens (tertiary/aromatic N) is 2. The monoisotopic (exact) mass is 362 g/mol. The van der Waals surface area contributed by atoms with Crippen molar-refractivity contribution in [2.24, 2.45) is 10.7 Å². The Labute approximate surface area is 148 Å². The molecule has 2 heterocycles. The number of nitrogens with two attached hydrogens (primary N) is 1. The average molecular weight is 363 g/mol. The SMILES string of the molecule is C[C@@]1(c2cc(NC(=O)c3ccc(Cl)cn3)ccc2F)CCN=C(N)O1. The lowest BCUT2D eigenvalue weighted by molar-refractivity contribution is 0.0482. The smallest absolute Gasteiger partial charge is 0.282 e. The van der Waals surface area contributed by atoms with Gasteiger partial charge in [0.2, 0.25) is 0 Å². The lowest BCUT2D eigenvalue weighted by Crippen LogP contribution is -2.38. The summed E-state index contributed by atoms with van der Waals surface area (Å²) in [5.74, 6) is -0.871. The molecule has 0 spiro atoms. The summed E-state index contributed by atoms with van der Waals surface area (Å²) in [7, 11) is 0. The number of aromatic nitrogens is 1. The van der Waals surface area contributed by atoms with Crippen LogP contribution in [0.15, 0.2) is 41.5 Å². The van der Waals surface area contributed by atoms with Crippen molar-refractivity contribution < 1.29 is 13.9 Å². The number of rotatable bonds is 3. The van der Waals surface area contributed by atoms with Crippen LogP contribution in [0.3, 0.4) is 0 Å². The number of aliphatic imine (C=N–C) groups is 1. The number of halogens is 2. The number of carbonyl (C=O) groups excluding carboxylic acids is 1. The van der Waals surface area contributed by atoms with Crippen LogP contribution in [0, 0.1) is 5.82 Å². The van der Waals surface area contributed by atoms with Crippen molar-refractivity contribution in [2.45, 2.75) is 18.9 Å². The van der Waals surface area contributed by atoms with Crippen LogP contribution >= 0.6 is 11.6 Å². The van der Waals surface area contributed by atoms with Gasteiger partial charge in [-0.1, -0.05) is 11.6 Å². The maximum Gasteiger partial charge on any atom is 0.282 e. The van der Waals surface area contributed by atoms with Crippen molar-refractivity contribution in [3.05, 3.63) is 58.6 Å². The molecule has 1 aliphatic rings. The molecule has 1 aromatic carbocycles. The summed E-state index contributed by atoms with van der Waals surface area (Å²) >= 11 is 5.76. The zero-order chi connectivity index (χ0) is 18.0. The quantitative estimate of drug-likeness (QED) is 0.878. The highest BCUT2D eigenvalue weighted by molar-refractivity contribution is 6.30. The standard InChI is InChI=1S/C17H16ClFN4O2/c1-17(6-7-21-16(20)25-17)12-8-11(3-4-13(12)19)23-15(24)14-5-2-10(18)9-22-14/h2-5,8-9H,6-7H2,1H3,(H2,20,21)(H,23,24)/t17-/m0/s1. The molecule has 8 heteroatoms. The fourth-order valence-electron chi connectivity index (χ4n) is 2.60. The van der Waals surface area contributed by atoms with Gasteiger partial charge in [0, 0.05) is 30.4 Å². The predicted octanol–water partition coefficient (Wildman–Crippen LogP) is 3.08. The van der Waals surface area contributed by atoms with Gasteiger partial charge in [-0.15, -0.1) is 0 Å². The molecule has 1 aromatic heterocycles. The first-order chi connectivity index (χ1) is 11.9. The first-order valence-electron chi connectivity index (χ1n) is 7.59. The number of hydrogen-bond acceptors (Lipinski definition) is 5. The second-order valence-corrected chi connectivity index (χ2v) is 6.25. The van der Waals surface area contributed by atoms with E-state index in [1.807, 2.05) is 0 Å². The van der Waals surface area contributed by atoms with E-state index >= 15 is 0 Å². The molecule has 0 saturated carbocycles. The third kappa shape index (κ3) is 3.71. The minimum absolute atomic E-state index is 0.0213. The van der Waals surface area contributed by atoms with Crippen molar-refractivity contribution in [3.8, 4) is 0 Å². The molecule has 0 radical (unpaired) electrons.